The van der Waals surface area contributed by atoms with E-state index in [1.807, 2.05) is 0 Å². The number of unbranched alkanes of at least 4 members (excludes halogenated alkanes) is 14. The van der Waals surface area contributed by atoms with Gasteiger partial charge in [-0.2, -0.15) is 0 Å². The van der Waals surface area contributed by atoms with Crippen LogP contribution in [0.1, 0.15) is 135 Å². The summed E-state index contributed by atoms with van der Waals surface area (Å²) in [5.74, 6) is -3.18. The van der Waals surface area contributed by atoms with Crippen LogP contribution in [0.2, 0.25) is 0 Å². The molecule has 19 nitrogen and oxygen atoms in total. The zero-order valence-electron chi connectivity index (χ0n) is 37.5. The number of carboxylic acids is 2. The standard InChI is InChI=1S/C43H80N6O13/c1-45-35(37(50)32-44)18-16-17-23-46-40(53)33-61-30-29-60-27-25-48-41(54)34-62-31-28-59-26-24-47-38(51)22-21-36(43(57)58)49-39(52)19-14-12-10-8-6-4-2-3-5-7-9-11-13-15-20-42(55)56/h35-36,45H,2-34,44H2,1H3,(H,46,53)(H,47,51)(H,48,54)(H,49,52)(H,55,56)(H,57,58)/t35-,36-/m0/s1. The molecule has 0 radical (unpaired) electrons. The minimum Gasteiger partial charge on any atom is -0.481 e. The van der Waals surface area contributed by atoms with Crippen LogP contribution in [0.15, 0.2) is 0 Å². The molecule has 0 bridgehead atoms. The van der Waals surface area contributed by atoms with Crippen LogP contribution in [0.3, 0.4) is 0 Å². The molecule has 0 rings (SSSR count). The molecular formula is C43H80N6O13. The van der Waals surface area contributed by atoms with Crippen LogP contribution in [0.25, 0.3) is 0 Å². The molecule has 0 aromatic heterocycles. The summed E-state index contributed by atoms with van der Waals surface area (Å²) in [6.45, 7) is 2.01. The van der Waals surface area contributed by atoms with Crippen LogP contribution in [0.4, 0.5) is 0 Å². The summed E-state index contributed by atoms with van der Waals surface area (Å²) in [4.78, 5) is 82.1. The average Bonchev–Trinajstić information content (AvgIpc) is 3.24. The number of rotatable bonds is 46. The van der Waals surface area contributed by atoms with Gasteiger partial charge in [-0.05, 0) is 45.6 Å². The highest BCUT2D eigenvalue weighted by atomic mass is 16.5. The van der Waals surface area contributed by atoms with Crippen molar-refractivity contribution in [3.05, 3.63) is 0 Å². The molecule has 0 unspecified atom stereocenters. The Bertz CT molecular complexity index is 1210. The SMILES string of the molecule is CN[C@@H](CCCCNC(=O)COCCOCCNC(=O)COCCOCCNC(=O)CC[C@H](NC(=O)CCCCCCCCCCCCCCCCC(=O)O)C(=O)O)C(=O)CN. The maximum atomic E-state index is 12.3. The topological polar surface area (TPSA) is 283 Å². The van der Waals surface area contributed by atoms with E-state index < -0.39 is 18.0 Å². The van der Waals surface area contributed by atoms with Crippen LogP contribution in [0, 0.1) is 0 Å². The fourth-order valence-corrected chi connectivity index (χ4v) is 6.28. The third kappa shape index (κ3) is 39.1. The molecule has 0 spiro atoms. The quantitative estimate of drug-likeness (QED) is 0.0408. The number of ketones is 1. The summed E-state index contributed by atoms with van der Waals surface area (Å²) < 4.78 is 21.3. The zero-order valence-corrected chi connectivity index (χ0v) is 37.5. The molecule has 0 saturated heterocycles. The van der Waals surface area contributed by atoms with E-state index in [0.717, 1.165) is 51.4 Å². The van der Waals surface area contributed by atoms with Gasteiger partial charge in [-0.3, -0.25) is 28.8 Å². The summed E-state index contributed by atoms with van der Waals surface area (Å²) in [5, 5.41) is 31.7. The number of hydrogen-bond acceptors (Lipinski definition) is 13. The van der Waals surface area contributed by atoms with E-state index in [4.69, 9.17) is 29.8 Å². The molecule has 0 aromatic rings. The largest absolute Gasteiger partial charge is 0.481 e. The molecule has 4 amide bonds. The predicted octanol–water partition coefficient (Wildman–Crippen LogP) is 2.36. The van der Waals surface area contributed by atoms with Gasteiger partial charge in [-0.25, -0.2) is 4.79 Å². The number of aliphatic carboxylic acids is 2. The van der Waals surface area contributed by atoms with Crippen molar-refractivity contribution in [2.75, 3.05) is 86.1 Å². The first-order valence-electron chi connectivity index (χ1n) is 22.7. The second-order valence-electron chi connectivity index (χ2n) is 15.2. The summed E-state index contributed by atoms with van der Waals surface area (Å²) in [6, 6.07) is -1.40. The number of nitrogens with two attached hydrogens (primary N) is 1. The van der Waals surface area contributed by atoms with Gasteiger partial charge in [0.05, 0.1) is 52.2 Å². The van der Waals surface area contributed by atoms with Crippen molar-refractivity contribution in [2.45, 2.75) is 147 Å². The molecule has 360 valence electrons. The van der Waals surface area contributed by atoms with E-state index in [1.165, 1.54) is 44.9 Å². The van der Waals surface area contributed by atoms with Crippen LogP contribution in [-0.2, 0) is 52.5 Å². The highest BCUT2D eigenvalue weighted by Crippen LogP contribution is 2.14. The number of Topliss-reactive ketones (excluding diaryl/α,β-unsaturated/α-hetero) is 1. The molecule has 0 saturated carbocycles. The smallest absolute Gasteiger partial charge is 0.326 e. The first-order valence-corrected chi connectivity index (χ1v) is 22.7. The molecule has 9 N–H and O–H groups in total. The van der Waals surface area contributed by atoms with E-state index in [9.17, 15) is 38.7 Å². The lowest BCUT2D eigenvalue weighted by Crippen LogP contribution is -2.41. The lowest BCUT2D eigenvalue weighted by Gasteiger charge is -2.14. The molecule has 0 heterocycles. The lowest BCUT2D eigenvalue weighted by atomic mass is 10.0. The highest BCUT2D eigenvalue weighted by molar-refractivity contribution is 5.85. The molecule has 0 aliphatic heterocycles. The van der Waals surface area contributed by atoms with Gasteiger partial charge >= 0.3 is 11.9 Å². The Morgan fingerprint density at radius 1 is 0.468 bits per heavy atom. The monoisotopic (exact) mass is 889 g/mol. The van der Waals surface area contributed by atoms with E-state index >= 15 is 0 Å². The van der Waals surface area contributed by atoms with Gasteiger partial charge in [-0.15, -0.1) is 0 Å². The van der Waals surface area contributed by atoms with Gasteiger partial charge in [0.15, 0.2) is 5.78 Å². The second-order valence-corrected chi connectivity index (χ2v) is 15.2. The highest BCUT2D eigenvalue weighted by Gasteiger charge is 2.21. The normalized spacial score (nSPS) is 12.0. The summed E-state index contributed by atoms with van der Waals surface area (Å²) in [6.07, 6.45) is 17.6. The number of ether oxygens (including phenoxy) is 4. The van der Waals surface area contributed by atoms with Crippen LogP contribution in [-0.4, -0.2) is 150 Å². The van der Waals surface area contributed by atoms with Crippen LogP contribution < -0.4 is 32.3 Å². The summed E-state index contributed by atoms with van der Waals surface area (Å²) in [7, 11) is 1.72. The summed E-state index contributed by atoms with van der Waals surface area (Å²) >= 11 is 0. The van der Waals surface area contributed by atoms with Gasteiger partial charge in [0, 0.05) is 38.9 Å². The number of carbonyl (C=O) groups is 7. The molecule has 19 heteroatoms. The predicted molar refractivity (Wildman–Crippen MR) is 233 cm³/mol. The maximum absolute atomic E-state index is 12.3. The zero-order chi connectivity index (χ0) is 45.9. The van der Waals surface area contributed by atoms with Crippen LogP contribution >= 0.6 is 0 Å². The Labute approximate surface area is 368 Å². The lowest BCUT2D eigenvalue weighted by molar-refractivity contribution is -0.142. The van der Waals surface area contributed by atoms with Gasteiger partial charge in [0.2, 0.25) is 23.6 Å². The minimum absolute atomic E-state index is 0.00203. The Balaban J connectivity index is 3.66. The van der Waals surface area contributed by atoms with E-state index in [1.54, 1.807) is 7.05 Å². The molecule has 0 aliphatic rings. The van der Waals surface area contributed by atoms with Crippen molar-refractivity contribution in [1.82, 2.24) is 26.6 Å². The van der Waals surface area contributed by atoms with Crippen molar-refractivity contribution >= 4 is 41.4 Å². The molecule has 0 aromatic carbocycles. The van der Waals surface area contributed by atoms with Crippen LogP contribution in [0.5, 0.6) is 0 Å². The Kier molecular flexibility index (Phi) is 40.0. The van der Waals surface area contributed by atoms with Gasteiger partial charge in [0.25, 0.3) is 0 Å². The first kappa shape index (κ1) is 58.2. The van der Waals surface area contributed by atoms with Gasteiger partial charge in [0.1, 0.15) is 19.3 Å². The third-order valence-electron chi connectivity index (χ3n) is 9.87. The number of likely N-dealkylation sites (N-methyl/N-ethyl adjacent to an activating group) is 1. The number of nitrogens with one attached hydrogen (secondary N) is 5. The number of hydrogen-bond donors (Lipinski definition) is 8. The minimum atomic E-state index is -1.18. The molecular weight excluding hydrogens is 809 g/mol. The Morgan fingerprint density at radius 2 is 0.919 bits per heavy atom. The average molecular weight is 889 g/mol. The molecule has 62 heavy (non-hydrogen) atoms. The van der Waals surface area contributed by atoms with Gasteiger partial charge in [-0.1, -0.05) is 77.0 Å². The fraction of sp³-hybridized carbons (Fsp3) is 0.837. The number of carboxylic acid groups (broad SMARTS) is 2. The van der Waals surface area contributed by atoms with Crippen molar-refractivity contribution in [1.29, 1.82) is 0 Å². The van der Waals surface area contributed by atoms with Crippen molar-refractivity contribution in [2.24, 2.45) is 5.73 Å². The number of amides is 4. The second kappa shape index (κ2) is 42.5. The van der Waals surface area contributed by atoms with Gasteiger partial charge < -0.3 is 61.5 Å². The van der Waals surface area contributed by atoms with Crippen molar-refractivity contribution in [3.63, 3.8) is 0 Å². The Hall–Kier alpha value is -3.75. The fourth-order valence-electron chi connectivity index (χ4n) is 6.28. The summed E-state index contributed by atoms with van der Waals surface area (Å²) in [5.41, 5.74) is 5.39. The molecule has 2 atom stereocenters. The first-order chi connectivity index (χ1) is 30.0. The van der Waals surface area contributed by atoms with E-state index in [0.29, 0.717) is 19.4 Å². The van der Waals surface area contributed by atoms with Crippen molar-refractivity contribution in [3.8, 4) is 0 Å². The third-order valence-corrected chi connectivity index (χ3v) is 9.87. The van der Waals surface area contributed by atoms with E-state index in [-0.39, 0.29) is 134 Å². The van der Waals surface area contributed by atoms with E-state index in [2.05, 4.69) is 26.6 Å². The maximum Gasteiger partial charge on any atom is 0.326 e. The molecule has 0 aliphatic carbocycles. The number of carbonyl (C=O) groups excluding carboxylic acids is 5. The van der Waals surface area contributed by atoms with Crippen molar-refractivity contribution < 1.29 is 62.7 Å². The molecule has 0 fully saturated rings. The Morgan fingerprint density at radius 3 is 1.39 bits per heavy atom.